The minimum atomic E-state index is -0.402. The molecule has 0 saturated heterocycles. The predicted molar refractivity (Wildman–Crippen MR) is 75.3 cm³/mol. The number of carbonyl (C=O) groups is 1. The molecule has 0 amide bonds. The average Bonchev–Trinajstić information content (AvgIpc) is 2.28. The molecule has 1 rings (SSSR count). The van der Waals surface area contributed by atoms with Crippen molar-refractivity contribution in [2.24, 2.45) is 5.73 Å². The van der Waals surface area contributed by atoms with Crippen LogP contribution in [0.5, 0.6) is 5.75 Å². The second-order valence-electron chi connectivity index (χ2n) is 4.54. The SMILES string of the molecule is CCOC(=O)CC(N)c1c(C)cc(C)cc1OCC. The molecule has 1 unspecified atom stereocenters. The van der Waals surface area contributed by atoms with Crippen molar-refractivity contribution in [3.8, 4) is 5.75 Å². The van der Waals surface area contributed by atoms with Crippen molar-refractivity contribution >= 4 is 5.97 Å². The van der Waals surface area contributed by atoms with Gasteiger partial charge >= 0.3 is 5.97 Å². The van der Waals surface area contributed by atoms with Gasteiger partial charge in [0, 0.05) is 11.6 Å². The van der Waals surface area contributed by atoms with Crippen LogP contribution in [0, 0.1) is 13.8 Å². The van der Waals surface area contributed by atoms with E-state index in [9.17, 15) is 4.79 Å². The van der Waals surface area contributed by atoms with Gasteiger partial charge in [-0.1, -0.05) is 6.07 Å². The zero-order valence-corrected chi connectivity index (χ0v) is 12.2. The van der Waals surface area contributed by atoms with Crippen LogP contribution in [0.15, 0.2) is 12.1 Å². The molecular formula is C15H23NO3. The molecule has 1 aromatic carbocycles. The maximum absolute atomic E-state index is 11.5. The van der Waals surface area contributed by atoms with Crippen molar-refractivity contribution in [1.29, 1.82) is 0 Å². The Morgan fingerprint density at radius 2 is 1.95 bits per heavy atom. The highest BCUT2D eigenvalue weighted by Gasteiger charge is 2.19. The van der Waals surface area contributed by atoms with E-state index in [-0.39, 0.29) is 12.4 Å². The van der Waals surface area contributed by atoms with Crippen molar-refractivity contribution < 1.29 is 14.3 Å². The molecule has 106 valence electrons. The van der Waals surface area contributed by atoms with Crippen LogP contribution in [0.25, 0.3) is 0 Å². The lowest BCUT2D eigenvalue weighted by Crippen LogP contribution is -2.19. The first kappa shape index (κ1) is 15.5. The van der Waals surface area contributed by atoms with Crippen LogP contribution in [0.3, 0.4) is 0 Å². The van der Waals surface area contributed by atoms with Gasteiger partial charge in [-0.2, -0.15) is 0 Å². The largest absolute Gasteiger partial charge is 0.494 e. The molecule has 0 spiro atoms. The minimum Gasteiger partial charge on any atom is -0.494 e. The Morgan fingerprint density at radius 3 is 2.53 bits per heavy atom. The van der Waals surface area contributed by atoms with Gasteiger partial charge in [0.1, 0.15) is 5.75 Å². The van der Waals surface area contributed by atoms with Crippen LogP contribution in [0.1, 0.15) is 43.0 Å². The van der Waals surface area contributed by atoms with Crippen molar-refractivity contribution in [2.45, 2.75) is 40.2 Å². The van der Waals surface area contributed by atoms with Gasteiger partial charge in [-0.15, -0.1) is 0 Å². The second-order valence-corrected chi connectivity index (χ2v) is 4.54. The van der Waals surface area contributed by atoms with Crippen LogP contribution >= 0.6 is 0 Å². The summed E-state index contributed by atoms with van der Waals surface area (Å²) in [6.45, 7) is 8.65. The third-order valence-corrected chi connectivity index (χ3v) is 2.86. The molecule has 1 atom stereocenters. The van der Waals surface area contributed by atoms with Gasteiger partial charge in [-0.3, -0.25) is 4.79 Å². The Bertz CT molecular complexity index is 443. The summed E-state index contributed by atoms with van der Waals surface area (Å²) in [6.07, 6.45) is 0.164. The minimum absolute atomic E-state index is 0.164. The fourth-order valence-corrected chi connectivity index (χ4v) is 2.19. The molecule has 2 N–H and O–H groups in total. The van der Waals surface area contributed by atoms with Gasteiger partial charge in [0.2, 0.25) is 0 Å². The van der Waals surface area contributed by atoms with Gasteiger partial charge in [-0.25, -0.2) is 0 Å². The summed E-state index contributed by atoms with van der Waals surface area (Å²) in [5.41, 5.74) is 9.18. The van der Waals surface area contributed by atoms with Crippen LogP contribution in [-0.2, 0) is 9.53 Å². The van der Waals surface area contributed by atoms with Gasteiger partial charge in [0.25, 0.3) is 0 Å². The molecule has 0 aliphatic heterocycles. The normalized spacial score (nSPS) is 12.1. The summed E-state index contributed by atoms with van der Waals surface area (Å²) in [6, 6.07) is 3.60. The molecule has 0 radical (unpaired) electrons. The highest BCUT2D eigenvalue weighted by atomic mass is 16.5. The highest BCUT2D eigenvalue weighted by Crippen LogP contribution is 2.30. The number of nitrogens with two attached hydrogens (primary N) is 1. The molecule has 19 heavy (non-hydrogen) atoms. The number of carbonyl (C=O) groups excluding carboxylic acids is 1. The van der Waals surface area contributed by atoms with Crippen molar-refractivity contribution in [2.75, 3.05) is 13.2 Å². The van der Waals surface area contributed by atoms with E-state index in [0.717, 1.165) is 22.4 Å². The van der Waals surface area contributed by atoms with E-state index in [4.69, 9.17) is 15.2 Å². The Balaban J connectivity index is 3.00. The molecule has 0 aliphatic rings. The lowest BCUT2D eigenvalue weighted by Gasteiger charge is -2.19. The maximum atomic E-state index is 11.5. The average molecular weight is 265 g/mol. The van der Waals surface area contributed by atoms with E-state index in [0.29, 0.717) is 13.2 Å². The number of ether oxygens (including phenoxy) is 2. The molecule has 0 bridgehead atoms. The van der Waals surface area contributed by atoms with E-state index in [1.165, 1.54) is 0 Å². The maximum Gasteiger partial charge on any atom is 0.307 e. The fraction of sp³-hybridized carbons (Fsp3) is 0.533. The molecule has 0 aromatic heterocycles. The molecule has 0 saturated carbocycles. The lowest BCUT2D eigenvalue weighted by molar-refractivity contribution is -0.143. The molecular weight excluding hydrogens is 242 g/mol. The molecule has 4 nitrogen and oxygen atoms in total. The predicted octanol–water partition coefficient (Wildman–Crippen LogP) is 2.66. The second kappa shape index (κ2) is 7.14. The summed E-state index contributed by atoms with van der Waals surface area (Å²) in [4.78, 5) is 11.5. The topological polar surface area (TPSA) is 61.5 Å². The zero-order chi connectivity index (χ0) is 14.4. The molecule has 0 aliphatic carbocycles. The lowest BCUT2D eigenvalue weighted by atomic mass is 9.96. The van der Waals surface area contributed by atoms with Crippen LogP contribution in [-0.4, -0.2) is 19.2 Å². The van der Waals surface area contributed by atoms with Crippen molar-refractivity contribution in [1.82, 2.24) is 0 Å². The molecule has 1 aromatic rings. The van der Waals surface area contributed by atoms with Gasteiger partial charge in [0.15, 0.2) is 0 Å². The standard InChI is InChI=1S/C15H23NO3/c1-5-18-13-8-10(3)7-11(4)15(13)12(16)9-14(17)19-6-2/h7-8,12H,5-6,9,16H2,1-4H3. The summed E-state index contributed by atoms with van der Waals surface area (Å²) >= 11 is 0. The van der Waals surface area contributed by atoms with Crippen molar-refractivity contribution in [3.05, 3.63) is 28.8 Å². The van der Waals surface area contributed by atoms with E-state index in [2.05, 4.69) is 0 Å². The van der Waals surface area contributed by atoms with Gasteiger partial charge in [0.05, 0.1) is 19.6 Å². The van der Waals surface area contributed by atoms with Crippen LogP contribution in [0.2, 0.25) is 0 Å². The summed E-state index contributed by atoms with van der Waals surface area (Å²) in [5.74, 6) is 0.481. The van der Waals surface area contributed by atoms with Crippen LogP contribution < -0.4 is 10.5 Å². The molecule has 0 heterocycles. The van der Waals surface area contributed by atoms with Gasteiger partial charge in [-0.05, 0) is 44.9 Å². The summed E-state index contributed by atoms with van der Waals surface area (Å²) in [7, 11) is 0. The number of rotatable bonds is 6. The number of aryl methyl sites for hydroxylation is 2. The summed E-state index contributed by atoms with van der Waals surface area (Å²) < 4.78 is 10.6. The van der Waals surface area contributed by atoms with E-state index in [1.54, 1.807) is 6.92 Å². The fourth-order valence-electron chi connectivity index (χ4n) is 2.19. The van der Waals surface area contributed by atoms with Gasteiger partial charge < -0.3 is 15.2 Å². The van der Waals surface area contributed by atoms with E-state index < -0.39 is 6.04 Å². The highest BCUT2D eigenvalue weighted by molar-refractivity contribution is 5.70. The first-order valence-electron chi connectivity index (χ1n) is 6.64. The van der Waals surface area contributed by atoms with Crippen LogP contribution in [0.4, 0.5) is 0 Å². The third kappa shape index (κ3) is 4.24. The van der Waals surface area contributed by atoms with E-state index >= 15 is 0 Å². The third-order valence-electron chi connectivity index (χ3n) is 2.86. The Labute approximate surface area is 114 Å². The van der Waals surface area contributed by atoms with Crippen molar-refractivity contribution in [3.63, 3.8) is 0 Å². The number of hydrogen-bond acceptors (Lipinski definition) is 4. The Kier molecular flexibility index (Phi) is 5.83. The molecule has 0 fully saturated rings. The number of hydrogen-bond donors (Lipinski definition) is 1. The zero-order valence-electron chi connectivity index (χ0n) is 12.2. The smallest absolute Gasteiger partial charge is 0.307 e. The first-order valence-corrected chi connectivity index (χ1v) is 6.64. The number of benzene rings is 1. The monoisotopic (exact) mass is 265 g/mol. The quantitative estimate of drug-likeness (QED) is 0.803. The summed E-state index contributed by atoms with van der Waals surface area (Å²) in [5, 5.41) is 0. The Morgan fingerprint density at radius 1 is 1.26 bits per heavy atom. The number of esters is 1. The first-order chi connectivity index (χ1) is 8.99. The van der Waals surface area contributed by atoms with E-state index in [1.807, 2.05) is 32.9 Å². The Hall–Kier alpha value is -1.55. The molecule has 4 heteroatoms.